The summed E-state index contributed by atoms with van der Waals surface area (Å²) in [6.07, 6.45) is 7.72. The summed E-state index contributed by atoms with van der Waals surface area (Å²) in [5.74, 6) is 0.328. The fourth-order valence-electron chi connectivity index (χ4n) is 7.38. The van der Waals surface area contributed by atoms with Gasteiger partial charge in [-0.2, -0.15) is 9.40 Å². The van der Waals surface area contributed by atoms with Crippen LogP contribution in [0.25, 0.3) is 11.3 Å². The van der Waals surface area contributed by atoms with Crippen LogP contribution in [0.15, 0.2) is 48.5 Å². The van der Waals surface area contributed by atoms with Gasteiger partial charge >= 0.3 is 0 Å². The SMILES string of the molecule is CCCN(Cc1cc(-c2nn(CCCN3CCC(N4CCCC4=O)CC3)c3c2CN(S(C)(=O)=O)CC3)ccc1Cl)c1ccccc1. The molecule has 1 aromatic heterocycles. The second-order valence-corrected chi connectivity index (χ2v) is 15.4. The van der Waals surface area contributed by atoms with Gasteiger partial charge in [-0.3, -0.25) is 9.48 Å². The second kappa shape index (κ2) is 14.5. The van der Waals surface area contributed by atoms with E-state index in [0.717, 1.165) is 105 Å². The van der Waals surface area contributed by atoms with E-state index in [2.05, 4.69) is 56.6 Å². The van der Waals surface area contributed by atoms with Crippen LogP contribution in [-0.2, 0) is 40.9 Å². The first kappa shape index (κ1) is 33.0. The molecular formula is C35H47ClN6O3S. The molecule has 0 atom stereocenters. The predicted octanol–water partition coefficient (Wildman–Crippen LogP) is 5.41. The van der Waals surface area contributed by atoms with Gasteiger partial charge in [-0.05, 0) is 68.5 Å². The summed E-state index contributed by atoms with van der Waals surface area (Å²) in [7, 11) is -3.33. The molecule has 11 heteroatoms. The number of piperidine rings is 1. The van der Waals surface area contributed by atoms with E-state index in [1.165, 1.54) is 6.26 Å². The van der Waals surface area contributed by atoms with E-state index in [4.69, 9.17) is 16.7 Å². The van der Waals surface area contributed by atoms with Gasteiger partial charge in [0, 0.05) is 98.8 Å². The summed E-state index contributed by atoms with van der Waals surface area (Å²) in [5, 5.41) is 5.87. The van der Waals surface area contributed by atoms with Gasteiger partial charge in [0.2, 0.25) is 15.9 Å². The molecule has 3 aliphatic heterocycles. The first-order valence-corrected chi connectivity index (χ1v) is 19.1. The van der Waals surface area contributed by atoms with Gasteiger partial charge in [-0.25, -0.2) is 8.42 Å². The summed E-state index contributed by atoms with van der Waals surface area (Å²) in [6.45, 7) is 9.29. The molecule has 0 N–H and O–H groups in total. The van der Waals surface area contributed by atoms with E-state index in [1.54, 1.807) is 4.31 Å². The average Bonchev–Trinajstić information content (AvgIpc) is 3.65. The molecule has 4 heterocycles. The first-order valence-electron chi connectivity index (χ1n) is 16.9. The van der Waals surface area contributed by atoms with Crippen LogP contribution in [-0.4, -0.2) is 89.8 Å². The molecule has 0 saturated carbocycles. The van der Waals surface area contributed by atoms with E-state index in [0.29, 0.717) is 49.4 Å². The lowest BCUT2D eigenvalue weighted by molar-refractivity contribution is -0.130. The third-order valence-electron chi connectivity index (χ3n) is 9.82. The Morgan fingerprint density at radius 2 is 1.78 bits per heavy atom. The number of carbonyl (C=O) groups excluding carboxylic acids is 1. The zero-order chi connectivity index (χ0) is 32.3. The number of carbonyl (C=O) groups is 1. The lowest BCUT2D eigenvalue weighted by Gasteiger charge is -2.36. The maximum Gasteiger partial charge on any atom is 0.222 e. The van der Waals surface area contributed by atoms with Gasteiger partial charge in [-0.15, -0.1) is 0 Å². The van der Waals surface area contributed by atoms with Crippen molar-refractivity contribution in [1.82, 2.24) is 23.9 Å². The van der Waals surface area contributed by atoms with Gasteiger partial charge in [0.1, 0.15) is 0 Å². The van der Waals surface area contributed by atoms with E-state index >= 15 is 0 Å². The molecule has 6 rings (SSSR count). The topological polar surface area (TPSA) is 82.0 Å². The number of aromatic nitrogens is 2. The number of anilines is 1. The standard InChI is InChI=1S/C35H47ClN6O3S/c1-3-17-39(29-9-5-4-6-10-29)25-28-24-27(12-13-32(28)36)35-31-26-40(46(2,44)45)23-16-33(31)42(37-35)20-8-18-38-21-14-30(15-22-38)41-19-7-11-34(41)43/h4-6,9-10,12-13,24,30H,3,7-8,11,14-23,25-26H2,1-2H3. The number of fused-ring (bicyclic) bond motifs is 1. The highest BCUT2D eigenvalue weighted by molar-refractivity contribution is 7.88. The van der Waals surface area contributed by atoms with E-state index in [1.807, 2.05) is 18.2 Å². The monoisotopic (exact) mass is 666 g/mol. The maximum atomic E-state index is 12.6. The lowest BCUT2D eigenvalue weighted by atomic mass is 10.00. The van der Waals surface area contributed by atoms with Crippen LogP contribution in [0.5, 0.6) is 0 Å². The summed E-state index contributed by atoms with van der Waals surface area (Å²) in [5.41, 5.74) is 6.12. The van der Waals surface area contributed by atoms with Crippen LogP contribution in [0.2, 0.25) is 5.02 Å². The Balaban J connectivity index is 1.20. The quantitative estimate of drug-likeness (QED) is 0.257. The number of hydrogen-bond acceptors (Lipinski definition) is 6. The minimum Gasteiger partial charge on any atom is -0.367 e. The molecule has 2 fully saturated rings. The molecule has 2 aromatic carbocycles. The number of para-hydroxylation sites is 1. The Morgan fingerprint density at radius 3 is 2.48 bits per heavy atom. The van der Waals surface area contributed by atoms with Crippen molar-refractivity contribution in [1.29, 1.82) is 0 Å². The molecule has 0 bridgehead atoms. The molecule has 0 spiro atoms. The number of aryl methyl sites for hydroxylation is 1. The van der Waals surface area contributed by atoms with Crippen molar-refractivity contribution >= 4 is 33.2 Å². The molecule has 248 valence electrons. The van der Waals surface area contributed by atoms with Crippen LogP contribution in [0.1, 0.15) is 62.3 Å². The van der Waals surface area contributed by atoms with Gasteiger partial charge in [0.25, 0.3) is 0 Å². The molecule has 46 heavy (non-hydrogen) atoms. The summed E-state index contributed by atoms with van der Waals surface area (Å²) in [6, 6.07) is 16.9. The third-order valence-corrected chi connectivity index (χ3v) is 11.4. The Bertz CT molecular complexity index is 1620. The summed E-state index contributed by atoms with van der Waals surface area (Å²) < 4.78 is 28.9. The number of likely N-dealkylation sites (tertiary alicyclic amines) is 2. The normalized spacial score (nSPS) is 18.3. The van der Waals surface area contributed by atoms with Gasteiger partial charge in [0.05, 0.1) is 11.9 Å². The minimum atomic E-state index is -3.33. The molecule has 0 aliphatic carbocycles. The number of rotatable bonds is 12. The highest BCUT2D eigenvalue weighted by Crippen LogP contribution is 2.34. The van der Waals surface area contributed by atoms with E-state index < -0.39 is 10.0 Å². The maximum absolute atomic E-state index is 12.6. The van der Waals surface area contributed by atoms with Crippen molar-refractivity contribution in [3.63, 3.8) is 0 Å². The highest BCUT2D eigenvalue weighted by atomic mass is 35.5. The van der Waals surface area contributed by atoms with Crippen molar-refractivity contribution in [2.24, 2.45) is 0 Å². The van der Waals surface area contributed by atoms with Crippen molar-refractivity contribution < 1.29 is 13.2 Å². The van der Waals surface area contributed by atoms with Gasteiger partial charge in [-0.1, -0.05) is 42.8 Å². The highest BCUT2D eigenvalue weighted by Gasteiger charge is 2.32. The zero-order valence-corrected chi connectivity index (χ0v) is 28.8. The molecule has 0 radical (unpaired) electrons. The number of sulfonamides is 1. The first-order chi connectivity index (χ1) is 22.2. The molecule has 3 aromatic rings. The number of benzene rings is 2. The van der Waals surface area contributed by atoms with Crippen molar-refractivity contribution in [3.8, 4) is 11.3 Å². The zero-order valence-electron chi connectivity index (χ0n) is 27.2. The smallest absolute Gasteiger partial charge is 0.222 e. The Labute approximate surface area is 279 Å². The number of halogens is 1. The fourth-order valence-corrected chi connectivity index (χ4v) is 8.34. The molecule has 2 saturated heterocycles. The van der Waals surface area contributed by atoms with Crippen LogP contribution >= 0.6 is 11.6 Å². The van der Waals surface area contributed by atoms with Crippen LogP contribution in [0.4, 0.5) is 5.69 Å². The Kier molecular flexibility index (Phi) is 10.4. The van der Waals surface area contributed by atoms with E-state index in [9.17, 15) is 13.2 Å². The fraction of sp³-hybridized carbons (Fsp3) is 0.543. The number of amides is 1. The minimum absolute atomic E-state index is 0.328. The largest absolute Gasteiger partial charge is 0.367 e. The van der Waals surface area contributed by atoms with Crippen LogP contribution < -0.4 is 4.90 Å². The van der Waals surface area contributed by atoms with Crippen LogP contribution in [0, 0.1) is 0 Å². The van der Waals surface area contributed by atoms with Crippen molar-refractivity contribution in [2.45, 2.75) is 77.5 Å². The number of hydrogen-bond donors (Lipinski definition) is 0. The Hall–Kier alpha value is -2.92. The summed E-state index contributed by atoms with van der Waals surface area (Å²) in [4.78, 5) is 19.2. The van der Waals surface area contributed by atoms with Crippen molar-refractivity contribution in [2.75, 3.05) is 50.4 Å². The molecule has 3 aliphatic rings. The molecule has 0 unspecified atom stereocenters. The Morgan fingerprint density at radius 1 is 1.00 bits per heavy atom. The molecular weight excluding hydrogens is 620 g/mol. The third kappa shape index (κ3) is 7.46. The van der Waals surface area contributed by atoms with Crippen molar-refractivity contribution in [3.05, 3.63) is 70.4 Å². The van der Waals surface area contributed by atoms with Gasteiger partial charge in [0.15, 0.2) is 0 Å². The summed E-state index contributed by atoms with van der Waals surface area (Å²) >= 11 is 6.78. The second-order valence-electron chi connectivity index (χ2n) is 13.0. The van der Waals surface area contributed by atoms with Gasteiger partial charge < -0.3 is 14.7 Å². The molecule has 1 amide bonds. The average molecular weight is 667 g/mol. The van der Waals surface area contributed by atoms with E-state index in [-0.39, 0.29) is 0 Å². The lowest BCUT2D eigenvalue weighted by Crippen LogP contribution is -2.45. The number of nitrogens with zero attached hydrogens (tertiary/aromatic N) is 6. The predicted molar refractivity (Wildman–Crippen MR) is 184 cm³/mol. The van der Waals surface area contributed by atoms with Crippen LogP contribution in [0.3, 0.4) is 0 Å². The molecule has 9 nitrogen and oxygen atoms in total.